The van der Waals surface area contributed by atoms with E-state index >= 15 is 0 Å². The van der Waals surface area contributed by atoms with Gasteiger partial charge in [-0.1, -0.05) is 71.4 Å². The third-order valence-corrected chi connectivity index (χ3v) is 6.29. The van der Waals surface area contributed by atoms with Crippen molar-refractivity contribution < 1.29 is 14.6 Å². The summed E-state index contributed by atoms with van der Waals surface area (Å²) in [5.74, 6) is -0.689. The minimum absolute atomic E-state index is 0.0809. The van der Waals surface area contributed by atoms with Crippen LogP contribution in [0.15, 0.2) is 60.7 Å². The number of aliphatic hydroxyl groups excluding tert-OH is 1. The van der Waals surface area contributed by atoms with Crippen molar-refractivity contribution in [1.82, 2.24) is 15.0 Å². The highest BCUT2D eigenvalue weighted by atomic mass is 35.5. The first-order valence-electron chi connectivity index (χ1n) is 10.9. The zero-order chi connectivity index (χ0) is 23.4. The molecule has 0 saturated carbocycles. The van der Waals surface area contributed by atoms with Gasteiger partial charge in [0.2, 0.25) is 0 Å². The van der Waals surface area contributed by atoms with Crippen molar-refractivity contribution in [3.05, 3.63) is 93.5 Å². The topological polar surface area (TPSA) is 77.2 Å². The van der Waals surface area contributed by atoms with Crippen molar-refractivity contribution in [2.75, 3.05) is 0 Å². The number of carbonyl (C=O) groups excluding carboxylic acids is 1. The predicted molar refractivity (Wildman–Crippen MR) is 128 cm³/mol. The number of aromatic nitrogens is 3. The highest BCUT2D eigenvalue weighted by Gasteiger charge is 2.24. The highest BCUT2D eigenvalue weighted by molar-refractivity contribution is 6.35. The Hall–Kier alpha value is -3.22. The van der Waals surface area contributed by atoms with Crippen LogP contribution in [-0.4, -0.2) is 26.1 Å². The van der Waals surface area contributed by atoms with Gasteiger partial charge < -0.3 is 9.84 Å². The van der Waals surface area contributed by atoms with Crippen LogP contribution in [0.2, 0.25) is 5.02 Å². The summed E-state index contributed by atoms with van der Waals surface area (Å²) >= 11 is 6.80. The van der Waals surface area contributed by atoms with Gasteiger partial charge in [-0.3, -0.25) is 4.79 Å². The molecule has 0 aliphatic heterocycles. The number of ether oxygens (including phenoxy) is 1. The second-order valence-corrected chi connectivity index (χ2v) is 8.37. The van der Waals surface area contributed by atoms with Crippen LogP contribution in [0.5, 0.6) is 0 Å². The number of nitrogens with zero attached hydrogens (tertiary/aromatic N) is 3. The van der Waals surface area contributed by atoms with Crippen LogP contribution >= 0.6 is 11.6 Å². The fourth-order valence-corrected chi connectivity index (χ4v) is 4.30. The summed E-state index contributed by atoms with van der Waals surface area (Å²) in [7, 11) is 0. The molecular formula is C26H26ClN3O3. The minimum Gasteiger partial charge on any atom is -0.461 e. The smallest absolute Gasteiger partial charge is 0.307 e. The van der Waals surface area contributed by atoms with Gasteiger partial charge in [-0.05, 0) is 47.7 Å². The summed E-state index contributed by atoms with van der Waals surface area (Å²) < 4.78 is 7.35. The fraction of sp³-hybridized carbons (Fsp3) is 0.269. The monoisotopic (exact) mass is 463 g/mol. The molecule has 0 spiro atoms. The Bertz CT molecular complexity index is 1270. The SMILES string of the molecule is CCn1nnc2c(Cl)c([C@H](CC(=O)OCc3ccccc3)c3ccc(C)c(CO)c3)ccc21. The quantitative estimate of drug-likeness (QED) is 0.365. The molecule has 1 heterocycles. The van der Waals surface area contributed by atoms with Gasteiger partial charge in [0.15, 0.2) is 0 Å². The highest BCUT2D eigenvalue weighted by Crippen LogP contribution is 2.37. The Morgan fingerprint density at radius 3 is 2.67 bits per heavy atom. The molecule has 6 nitrogen and oxygen atoms in total. The molecule has 0 amide bonds. The molecule has 33 heavy (non-hydrogen) atoms. The van der Waals surface area contributed by atoms with Crippen LogP contribution in [0, 0.1) is 6.92 Å². The zero-order valence-electron chi connectivity index (χ0n) is 18.7. The van der Waals surface area contributed by atoms with E-state index in [1.54, 1.807) is 4.68 Å². The van der Waals surface area contributed by atoms with Crippen molar-refractivity contribution in [1.29, 1.82) is 0 Å². The van der Waals surface area contributed by atoms with Gasteiger partial charge in [0.05, 0.1) is 23.6 Å². The molecule has 4 rings (SSSR count). The lowest BCUT2D eigenvalue weighted by molar-refractivity contribution is -0.145. The van der Waals surface area contributed by atoms with Gasteiger partial charge in [-0.25, -0.2) is 4.68 Å². The molecule has 0 bridgehead atoms. The van der Waals surface area contributed by atoms with Crippen LogP contribution in [0.1, 0.15) is 47.1 Å². The third-order valence-electron chi connectivity index (χ3n) is 5.89. The van der Waals surface area contributed by atoms with Crippen molar-refractivity contribution in [3.63, 3.8) is 0 Å². The number of carbonyl (C=O) groups is 1. The Labute approximate surface area is 197 Å². The van der Waals surface area contributed by atoms with Gasteiger partial charge in [0.1, 0.15) is 12.1 Å². The molecule has 1 aromatic heterocycles. The number of benzene rings is 3. The lowest BCUT2D eigenvalue weighted by Crippen LogP contribution is -2.13. The van der Waals surface area contributed by atoms with E-state index in [4.69, 9.17) is 16.3 Å². The van der Waals surface area contributed by atoms with Crippen LogP contribution in [0.4, 0.5) is 0 Å². The first kappa shape index (κ1) is 23.0. The molecular weight excluding hydrogens is 438 g/mol. The summed E-state index contributed by atoms with van der Waals surface area (Å²) in [6.45, 7) is 4.74. The second-order valence-electron chi connectivity index (χ2n) is 7.99. The van der Waals surface area contributed by atoms with Crippen LogP contribution < -0.4 is 0 Å². The van der Waals surface area contributed by atoms with E-state index in [0.717, 1.165) is 33.3 Å². The van der Waals surface area contributed by atoms with Crippen molar-refractivity contribution in [3.8, 4) is 0 Å². The number of rotatable bonds is 8. The molecule has 0 radical (unpaired) electrons. The van der Waals surface area contributed by atoms with Gasteiger partial charge in [0, 0.05) is 12.5 Å². The van der Waals surface area contributed by atoms with E-state index in [0.29, 0.717) is 17.1 Å². The summed E-state index contributed by atoms with van der Waals surface area (Å²) in [5, 5.41) is 18.7. The van der Waals surface area contributed by atoms with Crippen LogP contribution in [0.3, 0.4) is 0 Å². The summed E-state index contributed by atoms with van der Waals surface area (Å²) in [6.07, 6.45) is 0.105. The summed E-state index contributed by atoms with van der Waals surface area (Å²) in [6, 6.07) is 19.3. The summed E-state index contributed by atoms with van der Waals surface area (Å²) in [5.41, 5.74) is 5.83. The minimum atomic E-state index is -0.358. The second kappa shape index (κ2) is 10.1. The van der Waals surface area contributed by atoms with Crippen LogP contribution in [0.25, 0.3) is 11.0 Å². The average molecular weight is 464 g/mol. The maximum Gasteiger partial charge on any atom is 0.307 e. The maximum absolute atomic E-state index is 12.9. The maximum atomic E-state index is 12.9. The number of fused-ring (bicyclic) bond motifs is 1. The standard InChI is InChI=1S/C26H26ClN3O3/c1-3-30-23-12-11-21(25(27)26(23)28-29-30)22(19-10-9-17(2)20(13-19)15-31)14-24(32)33-16-18-7-5-4-6-8-18/h4-13,22,31H,3,14-16H2,1-2H3/t22-/m1/s1. The largest absolute Gasteiger partial charge is 0.461 e. The first-order chi connectivity index (χ1) is 16.0. The molecule has 0 aliphatic rings. The Morgan fingerprint density at radius 2 is 1.94 bits per heavy atom. The van der Waals surface area contributed by atoms with Crippen molar-refractivity contribution in [2.24, 2.45) is 0 Å². The van der Waals surface area contributed by atoms with Crippen LogP contribution in [-0.2, 0) is 29.3 Å². The van der Waals surface area contributed by atoms with E-state index < -0.39 is 0 Å². The number of halogens is 1. The average Bonchev–Trinajstić information content (AvgIpc) is 3.27. The zero-order valence-corrected chi connectivity index (χ0v) is 19.4. The number of aryl methyl sites for hydroxylation is 2. The number of hydrogen-bond acceptors (Lipinski definition) is 5. The van der Waals surface area contributed by atoms with E-state index in [-0.39, 0.29) is 31.5 Å². The molecule has 0 saturated heterocycles. The molecule has 1 atom stereocenters. The number of hydrogen-bond donors (Lipinski definition) is 1. The van der Waals surface area contributed by atoms with Gasteiger partial charge in [0.25, 0.3) is 0 Å². The molecule has 170 valence electrons. The van der Waals surface area contributed by atoms with Gasteiger partial charge in [-0.15, -0.1) is 5.10 Å². The van der Waals surface area contributed by atoms with E-state index in [1.165, 1.54) is 0 Å². The van der Waals surface area contributed by atoms with E-state index in [1.807, 2.05) is 74.5 Å². The summed E-state index contributed by atoms with van der Waals surface area (Å²) in [4.78, 5) is 12.9. The van der Waals surface area contributed by atoms with Crippen molar-refractivity contribution in [2.45, 2.75) is 45.9 Å². The lowest BCUT2D eigenvalue weighted by atomic mass is 9.86. The van der Waals surface area contributed by atoms with Gasteiger partial charge >= 0.3 is 5.97 Å². The molecule has 1 N–H and O–H groups in total. The molecule has 7 heteroatoms. The molecule has 3 aromatic carbocycles. The molecule has 0 unspecified atom stereocenters. The predicted octanol–water partition coefficient (Wildman–Crippen LogP) is 5.17. The molecule has 0 fully saturated rings. The van der Waals surface area contributed by atoms with Gasteiger partial charge in [-0.2, -0.15) is 0 Å². The van der Waals surface area contributed by atoms with E-state index in [2.05, 4.69) is 10.3 Å². The Balaban J connectivity index is 1.69. The Morgan fingerprint density at radius 1 is 1.15 bits per heavy atom. The molecule has 4 aromatic rings. The number of aliphatic hydroxyl groups is 1. The van der Waals surface area contributed by atoms with E-state index in [9.17, 15) is 9.90 Å². The van der Waals surface area contributed by atoms with Crippen molar-refractivity contribution >= 4 is 28.6 Å². The molecule has 0 aliphatic carbocycles. The normalized spacial score (nSPS) is 12.1. The lowest BCUT2D eigenvalue weighted by Gasteiger charge is -2.20. The Kier molecular flexibility index (Phi) is 7.06. The third kappa shape index (κ3) is 4.92. The fourth-order valence-electron chi connectivity index (χ4n) is 3.97. The number of esters is 1. The first-order valence-corrected chi connectivity index (χ1v) is 11.3.